The number of ether oxygens (including phenoxy) is 2. The van der Waals surface area contributed by atoms with Crippen molar-refractivity contribution in [1.82, 2.24) is 0 Å². The topological polar surface area (TPSA) is 111 Å². The van der Waals surface area contributed by atoms with Gasteiger partial charge in [-0.05, 0) is 96.3 Å². The number of likely N-dealkylation sites (N-methyl/N-ethyl adjacent to an activating group) is 1. The van der Waals surface area contributed by atoms with Crippen molar-refractivity contribution in [2.45, 2.75) is 302 Å². The molecule has 2 atom stereocenters. The molecule has 0 aromatic heterocycles. The van der Waals surface area contributed by atoms with E-state index in [-0.39, 0.29) is 32.0 Å². The maximum absolute atomic E-state index is 12.9. The standard InChI is InChI=1S/C72H128NO8P/c1-6-8-10-12-14-16-18-20-22-24-26-28-30-32-34-35-36-37-39-41-43-45-47-49-51-53-55-57-59-61-63-65-72(75)81-70(69-80-82(76,77)79-67-66-73(3,4)5)68-78-71(74)64-62-60-58-56-54-52-50-48-46-44-42-40-38-33-31-29-27-25-23-21-19-17-15-13-11-9-7-2/h8,10,14,16,20,22,25-28,32,34,36-37,41,43,70H,6-7,9,11-13,15,17-19,21,23-24,29-31,33,35,38-40,42,44-69H2,1-5H3/b10-8-,16-14-,22-20-,27-25-,28-26-,34-32-,37-36-,43-41-. The first kappa shape index (κ1) is 78.9. The molecule has 0 bridgehead atoms. The van der Waals surface area contributed by atoms with Crippen molar-refractivity contribution in [3.63, 3.8) is 0 Å². The van der Waals surface area contributed by atoms with Gasteiger partial charge in [0.05, 0.1) is 27.7 Å². The van der Waals surface area contributed by atoms with Gasteiger partial charge in [-0.3, -0.25) is 14.2 Å². The van der Waals surface area contributed by atoms with Crippen LogP contribution in [0.1, 0.15) is 296 Å². The summed E-state index contributed by atoms with van der Waals surface area (Å²) in [7, 11) is 1.16. The molecule has 0 fully saturated rings. The molecule has 0 rings (SSSR count). The highest BCUT2D eigenvalue weighted by molar-refractivity contribution is 7.45. The summed E-state index contributed by atoms with van der Waals surface area (Å²) in [5, 5.41) is 0. The predicted molar refractivity (Wildman–Crippen MR) is 351 cm³/mol. The molecule has 0 spiro atoms. The summed E-state index contributed by atoms with van der Waals surface area (Å²) in [5.41, 5.74) is 0. The Kier molecular flexibility index (Phi) is 60.1. The lowest BCUT2D eigenvalue weighted by Crippen LogP contribution is -2.37. The normalized spacial score (nSPS) is 13.8. The molecule has 0 saturated heterocycles. The van der Waals surface area contributed by atoms with Gasteiger partial charge in [-0.25, -0.2) is 0 Å². The number of phosphoric ester groups is 1. The SMILES string of the molecule is CC/C=C\C/C=C\C/C=C\C/C=C\C/C=C\C/C=C\C/C=C\CCCCCCCCCCCC(=O)OC(COC(=O)CCCCCCCCCCCCCCCCC/C=C\CCCCCCCCCC)COP(=O)([O-])OCC[N+](C)(C)C. The van der Waals surface area contributed by atoms with Gasteiger partial charge in [0.15, 0.2) is 6.10 Å². The number of rotatable bonds is 62. The molecule has 82 heavy (non-hydrogen) atoms. The molecule has 0 aliphatic rings. The molecular formula is C72H128NO8P. The van der Waals surface area contributed by atoms with Crippen LogP contribution < -0.4 is 4.89 Å². The number of hydrogen-bond donors (Lipinski definition) is 0. The van der Waals surface area contributed by atoms with Crippen LogP contribution in [0.2, 0.25) is 0 Å². The van der Waals surface area contributed by atoms with Crippen molar-refractivity contribution in [2.75, 3.05) is 47.5 Å². The van der Waals surface area contributed by atoms with Gasteiger partial charge in [0.2, 0.25) is 0 Å². The first-order chi connectivity index (χ1) is 40.0. The highest BCUT2D eigenvalue weighted by Gasteiger charge is 2.22. The van der Waals surface area contributed by atoms with Crippen LogP contribution in [0.25, 0.3) is 0 Å². The average molecular weight is 1170 g/mol. The molecule has 0 saturated carbocycles. The zero-order valence-electron chi connectivity index (χ0n) is 53.9. The van der Waals surface area contributed by atoms with E-state index in [1.807, 2.05) is 21.1 Å². The molecule has 474 valence electrons. The highest BCUT2D eigenvalue weighted by Crippen LogP contribution is 2.38. The van der Waals surface area contributed by atoms with Crippen LogP contribution in [0.15, 0.2) is 97.2 Å². The number of unbranched alkanes of at least 4 members (excludes halogenated alkanes) is 32. The fraction of sp³-hybridized carbons (Fsp3) is 0.750. The zero-order chi connectivity index (χ0) is 59.8. The van der Waals surface area contributed by atoms with Crippen LogP contribution in [-0.2, 0) is 32.7 Å². The van der Waals surface area contributed by atoms with Crippen LogP contribution in [0.3, 0.4) is 0 Å². The number of nitrogens with zero attached hydrogens (tertiary/aromatic N) is 1. The third-order valence-electron chi connectivity index (χ3n) is 14.6. The minimum Gasteiger partial charge on any atom is -0.756 e. The van der Waals surface area contributed by atoms with Crippen molar-refractivity contribution in [1.29, 1.82) is 0 Å². The lowest BCUT2D eigenvalue weighted by molar-refractivity contribution is -0.870. The summed E-state index contributed by atoms with van der Waals surface area (Å²) >= 11 is 0. The van der Waals surface area contributed by atoms with Crippen molar-refractivity contribution < 1.29 is 42.1 Å². The third-order valence-corrected chi connectivity index (χ3v) is 15.6. The van der Waals surface area contributed by atoms with Gasteiger partial charge >= 0.3 is 11.9 Å². The molecule has 0 N–H and O–H groups in total. The van der Waals surface area contributed by atoms with E-state index in [4.69, 9.17) is 18.5 Å². The lowest BCUT2D eigenvalue weighted by Gasteiger charge is -2.28. The molecule has 0 aliphatic heterocycles. The number of esters is 2. The molecule has 0 aromatic carbocycles. The summed E-state index contributed by atoms with van der Waals surface area (Å²) in [6.45, 7) is 4.15. The molecule has 10 heteroatoms. The van der Waals surface area contributed by atoms with Crippen LogP contribution in [0.4, 0.5) is 0 Å². The molecule has 0 aromatic rings. The highest BCUT2D eigenvalue weighted by atomic mass is 31.2. The van der Waals surface area contributed by atoms with E-state index < -0.39 is 26.5 Å². The second-order valence-corrected chi connectivity index (χ2v) is 25.2. The molecule has 0 radical (unpaired) electrons. The number of hydrogen-bond acceptors (Lipinski definition) is 8. The maximum Gasteiger partial charge on any atom is 0.306 e. The van der Waals surface area contributed by atoms with E-state index in [2.05, 4.69) is 111 Å². The molecule has 2 unspecified atom stereocenters. The first-order valence-corrected chi connectivity index (χ1v) is 35.4. The van der Waals surface area contributed by atoms with Gasteiger partial charge in [0.25, 0.3) is 7.82 Å². The van der Waals surface area contributed by atoms with Crippen LogP contribution in [-0.4, -0.2) is 70.0 Å². The van der Waals surface area contributed by atoms with Gasteiger partial charge in [0, 0.05) is 12.8 Å². The Hall–Kier alpha value is -3.07. The number of quaternary nitrogens is 1. The van der Waals surface area contributed by atoms with Crippen molar-refractivity contribution in [3.05, 3.63) is 97.2 Å². The van der Waals surface area contributed by atoms with Crippen LogP contribution in [0, 0.1) is 0 Å². The van der Waals surface area contributed by atoms with Crippen LogP contribution >= 0.6 is 7.82 Å². The zero-order valence-corrected chi connectivity index (χ0v) is 54.8. The average Bonchev–Trinajstić information content (AvgIpc) is 3.46. The number of carbonyl (C=O) groups is 2. The first-order valence-electron chi connectivity index (χ1n) is 33.9. The smallest absolute Gasteiger partial charge is 0.306 e. The number of allylic oxidation sites excluding steroid dienone is 16. The predicted octanol–water partition coefficient (Wildman–Crippen LogP) is 21.3. The molecule has 0 aliphatic carbocycles. The summed E-state index contributed by atoms with van der Waals surface area (Å²) in [6.07, 6.45) is 86.2. The fourth-order valence-corrected chi connectivity index (χ4v) is 10.1. The third kappa shape index (κ3) is 66.1. The van der Waals surface area contributed by atoms with Crippen LogP contribution in [0.5, 0.6) is 0 Å². The summed E-state index contributed by atoms with van der Waals surface area (Å²) < 4.78 is 34.3. The maximum atomic E-state index is 12.9. The molecular weight excluding hydrogens is 1040 g/mol. The lowest BCUT2D eigenvalue weighted by atomic mass is 10.0. The van der Waals surface area contributed by atoms with E-state index in [9.17, 15) is 19.0 Å². The van der Waals surface area contributed by atoms with Gasteiger partial charge in [0.1, 0.15) is 19.8 Å². The minimum atomic E-state index is -4.65. The van der Waals surface area contributed by atoms with Gasteiger partial charge in [-0.2, -0.15) is 0 Å². The monoisotopic (exact) mass is 1170 g/mol. The Morgan fingerprint density at radius 1 is 0.390 bits per heavy atom. The minimum absolute atomic E-state index is 0.0352. The largest absolute Gasteiger partial charge is 0.756 e. The fourth-order valence-electron chi connectivity index (χ4n) is 9.40. The van der Waals surface area contributed by atoms with E-state index >= 15 is 0 Å². The second-order valence-electron chi connectivity index (χ2n) is 23.8. The van der Waals surface area contributed by atoms with Crippen molar-refractivity contribution in [3.8, 4) is 0 Å². The summed E-state index contributed by atoms with van der Waals surface area (Å²) in [6, 6.07) is 0. The van der Waals surface area contributed by atoms with Gasteiger partial charge < -0.3 is 27.9 Å². The Balaban J connectivity index is 4.10. The van der Waals surface area contributed by atoms with Gasteiger partial charge in [-0.15, -0.1) is 0 Å². The summed E-state index contributed by atoms with van der Waals surface area (Å²) in [4.78, 5) is 38.0. The van der Waals surface area contributed by atoms with E-state index in [0.717, 1.165) is 89.9 Å². The quantitative estimate of drug-likeness (QED) is 0.0195. The Morgan fingerprint density at radius 2 is 0.695 bits per heavy atom. The summed E-state index contributed by atoms with van der Waals surface area (Å²) in [5.74, 6) is -0.835. The molecule has 0 amide bonds. The molecule has 9 nitrogen and oxygen atoms in total. The van der Waals surface area contributed by atoms with Gasteiger partial charge in [-0.1, -0.05) is 284 Å². The Labute approximate surface area is 506 Å². The van der Waals surface area contributed by atoms with E-state index in [1.165, 1.54) is 173 Å². The van der Waals surface area contributed by atoms with Crippen molar-refractivity contribution >= 4 is 19.8 Å². The molecule has 0 heterocycles. The number of carbonyl (C=O) groups excluding carboxylic acids is 2. The number of phosphoric acid groups is 1. The second kappa shape index (κ2) is 62.5. The Morgan fingerprint density at radius 3 is 1.05 bits per heavy atom. The van der Waals surface area contributed by atoms with Crippen molar-refractivity contribution in [2.24, 2.45) is 0 Å². The van der Waals surface area contributed by atoms with E-state index in [0.29, 0.717) is 17.4 Å². The Bertz CT molecular complexity index is 1710. The van der Waals surface area contributed by atoms with E-state index in [1.54, 1.807) is 0 Å².